The molecule has 1 amide bonds. The molecule has 0 unspecified atom stereocenters. The third kappa shape index (κ3) is 2.82. The van der Waals surface area contributed by atoms with Crippen molar-refractivity contribution >= 4 is 34.4 Å². The maximum absolute atomic E-state index is 12.5. The molecule has 8 nitrogen and oxygen atoms in total. The van der Waals surface area contributed by atoms with Gasteiger partial charge in [0.25, 0.3) is 5.56 Å². The number of imidazole rings is 1. The van der Waals surface area contributed by atoms with Crippen molar-refractivity contribution in [1.29, 1.82) is 0 Å². The van der Waals surface area contributed by atoms with Crippen molar-refractivity contribution in [1.82, 2.24) is 18.7 Å². The molecule has 3 rings (SSSR count). The van der Waals surface area contributed by atoms with Gasteiger partial charge in [0.05, 0.1) is 0 Å². The largest absolute Gasteiger partial charge is 0.332 e. The highest BCUT2D eigenvalue weighted by atomic mass is 35.5. The molecule has 2 aromatic heterocycles. The number of fused-ring (bicyclic) bond motifs is 1. The number of aromatic nitrogens is 4. The van der Waals surface area contributed by atoms with Crippen molar-refractivity contribution < 1.29 is 4.79 Å². The van der Waals surface area contributed by atoms with E-state index in [0.717, 1.165) is 21.4 Å². The van der Waals surface area contributed by atoms with E-state index in [0.29, 0.717) is 0 Å². The summed E-state index contributed by atoms with van der Waals surface area (Å²) >= 11 is 6.13. The van der Waals surface area contributed by atoms with Crippen molar-refractivity contribution in [2.75, 3.05) is 5.32 Å². The Labute approximate surface area is 153 Å². The molecule has 0 aliphatic rings. The van der Waals surface area contributed by atoms with Gasteiger partial charge in [-0.15, -0.1) is 0 Å². The highest BCUT2D eigenvalue weighted by Crippen LogP contribution is 2.20. The summed E-state index contributed by atoms with van der Waals surface area (Å²) in [7, 11) is 2.86. The minimum atomic E-state index is -0.553. The van der Waals surface area contributed by atoms with E-state index in [9.17, 15) is 14.4 Å². The quantitative estimate of drug-likeness (QED) is 0.699. The summed E-state index contributed by atoms with van der Waals surface area (Å²) in [4.78, 5) is 41.1. The molecule has 0 radical (unpaired) electrons. The molecule has 2 heterocycles. The van der Waals surface area contributed by atoms with Gasteiger partial charge in [0.1, 0.15) is 6.54 Å². The number of nitrogens with zero attached hydrogens (tertiary/aromatic N) is 4. The topological polar surface area (TPSA) is 90.9 Å². The van der Waals surface area contributed by atoms with Crippen LogP contribution in [0.15, 0.2) is 27.8 Å². The summed E-state index contributed by atoms with van der Waals surface area (Å²) < 4.78 is 3.49. The second-order valence-electron chi connectivity index (χ2n) is 6.16. The molecule has 0 fully saturated rings. The van der Waals surface area contributed by atoms with Gasteiger partial charge in [-0.2, -0.15) is 4.98 Å². The van der Waals surface area contributed by atoms with Crippen LogP contribution >= 0.6 is 11.6 Å². The molecule has 3 aromatic rings. The van der Waals surface area contributed by atoms with Crippen LogP contribution in [0, 0.1) is 13.8 Å². The molecule has 0 atom stereocenters. The molecule has 0 aliphatic carbocycles. The van der Waals surface area contributed by atoms with Crippen LogP contribution < -0.4 is 16.6 Å². The Hall–Kier alpha value is -2.87. The Morgan fingerprint density at radius 1 is 1.15 bits per heavy atom. The Kier molecular flexibility index (Phi) is 4.45. The van der Waals surface area contributed by atoms with E-state index in [-0.39, 0.29) is 28.9 Å². The van der Waals surface area contributed by atoms with Gasteiger partial charge in [0.2, 0.25) is 11.2 Å². The molecule has 1 aromatic carbocycles. The van der Waals surface area contributed by atoms with Crippen LogP contribution in [0.4, 0.5) is 5.69 Å². The first-order valence-electron chi connectivity index (χ1n) is 7.90. The number of carbonyl (C=O) groups is 1. The number of hydrogen-bond donors (Lipinski definition) is 1. The van der Waals surface area contributed by atoms with Crippen LogP contribution in [0.5, 0.6) is 0 Å². The van der Waals surface area contributed by atoms with E-state index >= 15 is 0 Å². The number of benzene rings is 1. The van der Waals surface area contributed by atoms with Gasteiger partial charge in [0, 0.05) is 19.8 Å². The predicted octanol–water partition coefficient (Wildman–Crippen LogP) is 1.34. The number of halogens is 1. The molecular formula is C17H18ClN5O3. The summed E-state index contributed by atoms with van der Waals surface area (Å²) in [5, 5.41) is 2.81. The number of para-hydroxylation sites is 1. The van der Waals surface area contributed by atoms with E-state index in [1.807, 2.05) is 32.0 Å². The van der Waals surface area contributed by atoms with E-state index in [2.05, 4.69) is 10.3 Å². The molecule has 0 saturated heterocycles. The standard InChI is InChI=1S/C17H18ClN5O3/c1-9-6-5-7-10(2)12(9)19-11(24)8-23-13-14(20-16(23)18)21(3)17(26)22(4)15(13)25/h5-7H,8H2,1-4H3,(H,19,24). The van der Waals surface area contributed by atoms with Gasteiger partial charge < -0.3 is 5.32 Å². The first kappa shape index (κ1) is 17.9. The van der Waals surface area contributed by atoms with E-state index < -0.39 is 11.2 Å². The minimum Gasteiger partial charge on any atom is -0.324 e. The summed E-state index contributed by atoms with van der Waals surface area (Å²) in [5.74, 6) is -0.348. The van der Waals surface area contributed by atoms with E-state index in [1.165, 1.54) is 23.2 Å². The fourth-order valence-corrected chi connectivity index (χ4v) is 3.12. The maximum atomic E-state index is 12.5. The number of hydrogen-bond acceptors (Lipinski definition) is 4. The lowest BCUT2D eigenvalue weighted by atomic mass is 10.1. The second-order valence-corrected chi connectivity index (χ2v) is 6.50. The zero-order chi connectivity index (χ0) is 19.2. The van der Waals surface area contributed by atoms with Crippen molar-refractivity contribution in [2.24, 2.45) is 14.1 Å². The molecule has 26 heavy (non-hydrogen) atoms. The predicted molar refractivity (Wildman–Crippen MR) is 99.8 cm³/mol. The summed E-state index contributed by atoms with van der Waals surface area (Å²) in [5.41, 5.74) is 1.76. The van der Waals surface area contributed by atoms with Crippen molar-refractivity contribution in [3.8, 4) is 0 Å². The van der Waals surface area contributed by atoms with Crippen LogP contribution in [0.2, 0.25) is 5.28 Å². The molecule has 9 heteroatoms. The number of carbonyl (C=O) groups excluding carboxylic acids is 1. The third-order valence-electron chi connectivity index (χ3n) is 4.35. The average molecular weight is 376 g/mol. The van der Waals surface area contributed by atoms with E-state index in [4.69, 9.17) is 11.6 Å². The highest BCUT2D eigenvalue weighted by molar-refractivity contribution is 6.29. The van der Waals surface area contributed by atoms with Crippen LogP contribution in [0.1, 0.15) is 11.1 Å². The van der Waals surface area contributed by atoms with Gasteiger partial charge in [-0.05, 0) is 36.6 Å². The van der Waals surface area contributed by atoms with Gasteiger partial charge in [-0.1, -0.05) is 18.2 Å². The number of nitrogens with one attached hydrogen (secondary N) is 1. The Bertz CT molecular complexity index is 1140. The summed E-state index contributed by atoms with van der Waals surface area (Å²) in [6, 6.07) is 5.70. The fourth-order valence-electron chi connectivity index (χ4n) is 2.90. The van der Waals surface area contributed by atoms with Gasteiger partial charge in [-0.3, -0.25) is 23.3 Å². The highest BCUT2D eigenvalue weighted by Gasteiger charge is 2.20. The fraction of sp³-hybridized carbons (Fsp3) is 0.294. The van der Waals surface area contributed by atoms with Crippen LogP contribution in [-0.2, 0) is 25.4 Å². The second kappa shape index (κ2) is 6.45. The van der Waals surface area contributed by atoms with Crippen molar-refractivity contribution in [3.63, 3.8) is 0 Å². The smallest absolute Gasteiger partial charge is 0.324 e. The maximum Gasteiger partial charge on any atom is 0.332 e. The Morgan fingerprint density at radius 2 is 1.77 bits per heavy atom. The van der Waals surface area contributed by atoms with Gasteiger partial charge >= 0.3 is 5.69 Å². The normalized spacial score (nSPS) is 11.1. The van der Waals surface area contributed by atoms with E-state index in [1.54, 1.807) is 0 Å². The Balaban J connectivity index is 2.04. The minimum absolute atomic E-state index is 0.0324. The lowest BCUT2D eigenvalue weighted by molar-refractivity contribution is -0.116. The molecule has 0 spiro atoms. The number of amides is 1. The molecule has 0 aliphatic heterocycles. The van der Waals surface area contributed by atoms with Crippen molar-refractivity contribution in [3.05, 3.63) is 55.4 Å². The molecule has 0 saturated carbocycles. The number of rotatable bonds is 3. The van der Waals surface area contributed by atoms with Crippen LogP contribution in [0.3, 0.4) is 0 Å². The SMILES string of the molecule is Cc1cccc(C)c1NC(=O)Cn1c(Cl)nc2c1c(=O)n(C)c(=O)n2C. The van der Waals surface area contributed by atoms with Crippen molar-refractivity contribution in [2.45, 2.75) is 20.4 Å². The van der Waals surface area contributed by atoms with Crippen LogP contribution in [-0.4, -0.2) is 24.6 Å². The first-order chi connectivity index (χ1) is 12.2. The number of aryl methyl sites for hydroxylation is 3. The lowest BCUT2D eigenvalue weighted by Gasteiger charge is -2.12. The lowest BCUT2D eigenvalue weighted by Crippen LogP contribution is -2.37. The zero-order valence-corrected chi connectivity index (χ0v) is 15.6. The summed E-state index contributed by atoms with van der Waals surface area (Å²) in [6.45, 7) is 3.60. The zero-order valence-electron chi connectivity index (χ0n) is 14.8. The van der Waals surface area contributed by atoms with Gasteiger partial charge in [0.15, 0.2) is 11.2 Å². The molecular weight excluding hydrogens is 358 g/mol. The van der Waals surface area contributed by atoms with Crippen LogP contribution in [0.25, 0.3) is 11.2 Å². The third-order valence-corrected chi connectivity index (χ3v) is 4.64. The monoisotopic (exact) mass is 375 g/mol. The van der Waals surface area contributed by atoms with Gasteiger partial charge in [-0.25, -0.2) is 4.79 Å². The molecule has 136 valence electrons. The summed E-state index contributed by atoms with van der Waals surface area (Å²) in [6.07, 6.45) is 0. The molecule has 1 N–H and O–H groups in total. The Morgan fingerprint density at radius 3 is 2.38 bits per heavy atom. The number of anilines is 1. The average Bonchev–Trinajstić information content (AvgIpc) is 2.91. The molecule has 0 bridgehead atoms. The first-order valence-corrected chi connectivity index (χ1v) is 8.28.